The number of nitro benzene ring substituents is 1. The van der Waals surface area contributed by atoms with Crippen molar-refractivity contribution in [2.24, 2.45) is 0 Å². The minimum absolute atomic E-state index is 0.0271. The van der Waals surface area contributed by atoms with Crippen LogP contribution in [-0.4, -0.2) is 4.92 Å². The van der Waals surface area contributed by atoms with Crippen LogP contribution in [0.15, 0.2) is 66.7 Å². The van der Waals surface area contributed by atoms with Gasteiger partial charge in [0.05, 0.1) is 16.6 Å². The first-order chi connectivity index (χ1) is 10.2. The summed E-state index contributed by atoms with van der Waals surface area (Å²) in [6, 6.07) is 17.8. The molecule has 0 aliphatic rings. The van der Waals surface area contributed by atoms with Crippen LogP contribution < -0.4 is 0 Å². The average molecular weight is 276 g/mol. The van der Waals surface area contributed by atoms with Crippen LogP contribution in [0.5, 0.6) is 0 Å². The fourth-order valence-electron chi connectivity index (χ4n) is 1.80. The summed E-state index contributed by atoms with van der Waals surface area (Å²) in [6.07, 6.45) is 5.27. The van der Waals surface area contributed by atoms with Crippen LogP contribution in [0, 0.1) is 21.4 Å². The zero-order chi connectivity index (χ0) is 15.1. The Balaban J connectivity index is 2.26. The molecule has 0 spiro atoms. The van der Waals surface area contributed by atoms with Crippen molar-refractivity contribution >= 4 is 17.3 Å². The number of rotatable bonds is 4. The molecule has 0 aliphatic heterocycles. The summed E-state index contributed by atoms with van der Waals surface area (Å²) in [4.78, 5) is 10.3. The van der Waals surface area contributed by atoms with Crippen molar-refractivity contribution in [1.82, 2.24) is 0 Å². The van der Waals surface area contributed by atoms with Crippen LogP contribution in [0.3, 0.4) is 0 Å². The number of nitriles is 1. The highest BCUT2D eigenvalue weighted by molar-refractivity contribution is 5.79. The van der Waals surface area contributed by atoms with Gasteiger partial charge in [-0.05, 0) is 17.2 Å². The number of benzene rings is 2. The van der Waals surface area contributed by atoms with E-state index >= 15 is 0 Å². The molecule has 21 heavy (non-hydrogen) atoms. The predicted octanol–water partition coefficient (Wildman–Crippen LogP) is 4.22. The second kappa shape index (κ2) is 6.83. The standard InChI is InChI=1S/C17H12N2O2/c18-13-16(10-4-8-14-6-2-1-3-7-14)15-9-5-11-17(12-15)19(20)21/h1-12H/b8-4+,16-10+. The van der Waals surface area contributed by atoms with Crippen LogP contribution in [0.1, 0.15) is 11.1 Å². The molecule has 0 saturated heterocycles. The van der Waals surface area contributed by atoms with Crippen molar-refractivity contribution in [2.75, 3.05) is 0 Å². The average Bonchev–Trinajstić information content (AvgIpc) is 2.52. The SMILES string of the molecule is N#C/C(=C\C=C\c1ccccc1)c1cccc([N+](=O)[O-])c1. The Morgan fingerprint density at radius 1 is 1.14 bits per heavy atom. The molecule has 0 bridgehead atoms. The normalized spacial score (nSPS) is 11.3. The third kappa shape index (κ3) is 3.88. The molecule has 0 saturated carbocycles. The Labute approximate surface area is 122 Å². The molecule has 0 aliphatic carbocycles. The summed E-state index contributed by atoms with van der Waals surface area (Å²) in [5.41, 5.74) is 1.90. The van der Waals surface area contributed by atoms with Crippen molar-refractivity contribution in [2.45, 2.75) is 0 Å². The highest BCUT2D eigenvalue weighted by Crippen LogP contribution is 2.20. The largest absolute Gasteiger partial charge is 0.270 e. The molecule has 4 nitrogen and oxygen atoms in total. The monoisotopic (exact) mass is 276 g/mol. The van der Waals surface area contributed by atoms with Crippen molar-refractivity contribution in [3.63, 3.8) is 0 Å². The van der Waals surface area contributed by atoms with Gasteiger partial charge in [-0.25, -0.2) is 0 Å². The maximum absolute atomic E-state index is 10.8. The van der Waals surface area contributed by atoms with Gasteiger partial charge in [-0.2, -0.15) is 5.26 Å². The zero-order valence-electron chi connectivity index (χ0n) is 11.1. The molecule has 2 rings (SSSR count). The fraction of sp³-hybridized carbons (Fsp3) is 0. The summed E-state index contributed by atoms with van der Waals surface area (Å²) in [5, 5.41) is 19.9. The lowest BCUT2D eigenvalue weighted by molar-refractivity contribution is -0.384. The molecular weight excluding hydrogens is 264 g/mol. The Hall–Kier alpha value is -3.19. The number of nitrogens with zero attached hydrogens (tertiary/aromatic N) is 2. The van der Waals surface area contributed by atoms with E-state index in [1.165, 1.54) is 12.1 Å². The fourth-order valence-corrected chi connectivity index (χ4v) is 1.80. The Morgan fingerprint density at radius 2 is 1.90 bits per heavy atom. The molecule has 0 atom stereocenters. The first-order valence-corrected chi connectivity index (χ1v) is 6.29. The zero-order valence-corrected chi connectivity index (χ0v) is 11.1. The molecule has 0 heterocycles. The van der Waals surface area contributed by atoms with E-state index in [9.17, 15) is 15.4 Å². The molecule has 0 aromatic heterocycles. The second-order valence-electron chi connectivity index (χ2n) is 4.27. The Bertz CT molecular complexity index is 741. The van der Waals surface area contributed by atoms with E-state index < -0.39 is 4.92 Å². The summed E-state index contributed by atoms with van der Waals surface area (Å²) < 4.78 is 0. The van der Waals surface area contributed by atoms with Gasteiger partial charge in [0.25, 0.3) is 5.69 Å². The van der Waals surface area contributed by atoms with E-state index in [4.69, 9.17) is 0 Å². The van der Waals surface area contributed by atoms with E-state index in [1.54, 1.807) is 24.3 Å². The van der Waals surface area contributed by atoms with E-state index in [-0.39, 0.29) is 5.69 Å². The molecule has 0 N–H and O–H groups in total. The van der Waals surface area contributed by atoms with Gasteiger partial charge >= 0.3 is 0 Å². The number of allylic oxidation sites excluding steroid dienone is 3. The minimum Gasteiger partial charge on any atom is -0.258 e. The van der Waals surface area contributed by atoms with Gasteiger partial charge in [-0.3, -0.25) is 10.1 Å². The Kier molecular flexibility index (Phi) is 4.62. The molecular formula is C17H12N2O2. The third-order valence-corrected chi connectivity index (χ3v) is 2.84. The molecule has 0 fully saturated rings. The van der Waals surface area contributed by atoms with Crippen molar-refractivity contribution in [1.29, 1.82) is 5.26 Å². The quantitative estimate of drug-likeness (QED) is 0.363. The van der Waals surface area contributed by atoms with Gasteiger partial charge < -0.3 is 0 Å². The van der Waals surface area contributed by atoms with Gasteiger partial charge in [-0.1, -0.05) is 54.6 Å². The number of non-ortho nitro benzene ring substituents is 1. The lowest BCUT2D eigenvalue weighted by Gasteiger charge is -1.98. The van der Waals surface area contributed by atoms with Gasteiger partial charge in [0, 0.05) is 12.1 Å². The predicted molar refractivity (Wildman–Crippen MR) is 82.2 cm³/mol. The van der Waals surface area contributed by atoms with Crippen LogP contribution in [0.4, 0.5) is 5.69 Å². The second-order valence-corrected chi connectivity index (χ2v) is 4.27. The van der Waals surface area contributed by atoms with E-state index in [0.29, 0.717) is 11.1 Å². The van der Waals surface area contributed by atoms with E-state index in [1.807, 2.05) is 36.4 Å². The smallest absolute Gasteiger partial charge is 0.258 e. The van der Waals surface area contributed by atoms with E-state index in [0.717, 1.165) is 5.56 Å². The third-order valence-electron chi connectivity index (χ3n) is 2.84. The maximum atomic E-state index is 10.8. The molecule has 0 radical (unpaired) electrons. The van der Waals surface area contributed by atoms with Crippen LogP contribution in [-0.2, 0) is 0 Å². The van der Waals surface area contributed by atoms with E-state index in [2.05, 4.69) is 6.07 Å². The highest BCUT2D eigenvalue weighted by atomic mass is 16.6. The van der Waals surface area contributed by atoms with Gasteiger partial charge in [-0.15, -0.1) is 0 Å². The topological polar surface area (TPSA) is 66.9 Å². The highest BCUT2D eigenvalue weighted by Gasteiger charge is 2.07. The van der Waals surface area contributed by atoms with Crippen LogP contribution >= 0.6 is 0 Å². The first-order valence-electron chi connectivity index (χ1n) is 6.29. The Morgan fingerprint density at radius 3 is 2.57 bits per heavy atom. The molecule has 4 heteroatoms. The first kappa shape index (κ1) is 14.2. The minimum atomic E-state index is -0.474. The summed E-state index contributed by atoms with van der Waals surface area (Å²) in [6.45, 7) is 0. The molecule has 102 valence electrons. The molecule has 0 unspecified atom stereocenters. The molecule has 0 amide bonds. The lowest BCUT2D eigenvalue weighted by atomic mass is 10.1. The number of hydrogen-bond acceptors (Lipinski definition) is 3. The van der Waals surface area contributed by atoms with Crippen LogP contribution in [0.25, 0.3) is 11.6 Å². The molecule has 2 aromatic carbocycles. The summed E-state index contributed by atoms with van der Waals surface area (Å²) in [5.74, 6) is 0. The summed E-state index contributed by atoms with van der Waals surface area (Å²) >= 11 is 0. The maximum Gasteiger partial charge on any atom is 0.270 e. The van der Waals surface area contributed by atoms with Crippen molar-refractivity contribution < 1.29 is 4.92 Å². The molecule has 2 aromatic rings. The number of nitro groups is 1. The van der Waals surface area contributed by atoms with Crippen LogP contribution in [0.2, 0.25) is 0 Å². The summed E-state index contributed by atoms with van der Waals surface area (Å²) in [7, 11) is 0. The van der Waals surface area contributed by atoms with Crippen molar-refractivity contribution in [3.8, 4) is 6.07 Å². The van der Waals surface area contributed by atoms with Gasteiger partial charge in [0.1, 0.15) is 0 Å². The van der Waals surface area contributed by atoms with Crippen molar-refractivity contribution in [3.05, 3.63) is 88.0 Å². The van der Waals surface area contributed by atoms with Gasteiger partial charge in [0.15, 0.2) is 0 Å². The van der Waals surface area contributed by atoms with Gasteiger partial charge in [0.2, 0.25) is 0 Å². The number of hydrogen-bond donors (Lipinski definition) is 0. The lowest BCUT2D eigenvalue weighted by Crippen LogP contribution is -1.89.